The molecule has 1 heterocycles. The number of furan rings is 1. The van der Waals surface area contributed by atoms with Crippen LogP contribution in [0.5, 0.6) is 0 Å². The molecule has 0 aliphatic carbocycles. The smallest absolute Gasteiger partial charge is 0.340 e. The third kappa shape index (κ3) is 2.93. The summed E-state index contributed by atoms with van der Waals surface area (Å²) in [6.07, 6.45) is 1.61. The lowest BCUT2D eigenvalue weighted by Crippen LogP contribution is -2.06. The van der Waals surface area contributed by atoms with Crippen LogP contribution in [0.15, 0.2) is 34.9 Å². The molecule has 2 rings (SSSR count). The van der Waals surface area contributed by atoms with Crippen molar-refractivity contribution in [1.29, 1.82) is 0 Å². The van der Waals surface area contributed by atoms with Gasteiger partial charge < -0.3 is 14.5 Å². The summed E-state index contributed by atoms with van der Waals surface area (Å²) < 4.78 is 23.2. The van der Waals surface area contributed by atoms with Gasteiger partial charge in [0.25, 0.3) is 0 Å². The number of aryl methyl sites for hydroxylation is 1. The molecule has 5 heteroatoms. The van der Waals surface area contributed by atoms with Crippen molar-refractivity contribution in [2.45, 2.75) is 13.5 Å². The van der Waals surface area contributed by atoms with Crippen LogP contribution in [0, 0.1) is 12.7 Å². The van der Waals surface area contributed by atoms with Crippen LogP contribution in [0.2, 0.25) is 0 Å². The number of nitrogens with one attached hydrogen (secondary N) is 1. The highest BCUT2D eigenvalue weighted by atomic mass is 19.1. The molecule has 100 valence electrons. The minimum absolute atomic E-state index is 0.0938. The van der Waals surface area contributed by atoms with Crippen molar-refractivity contribution in [3.8, 4) is 0 Å². The Morgan fingerprint density at radius 3 is 2.84 bits per heavy atom. The maximum Gasteiger partial charge on any atom is 0.340 e. The second-order valence-electron chi connectivity index (χ2n) is 4.07. The van der Waals surface area contributed by atoms with E-state index in [1.165, 1.54) is 19.2 Å². The van der Waals surface area contributed by atoms with E-state index in [0.29, 0.717) is 12.2 Å². The Morgan fingerprint density at radius 1 is 1.42 bits per heavy atom. The first-order valence-corrected chi connectivity index (χ1v) is 5.76. The molecule has 0 aliphatic rings. The van der Waals surface area contributed by atoms with E-state index in [1.807, 2.05) is 13.0 Å². The summed E-state index contributed by atoms with van der Waals surface area (Å²) >= 11 is 0. The number of carbonyl (C=O) groups excluding carboxylic acids is 1. The summed E-state index contributed by atoms with van der Waals surface area (Å²) in [6, 6.07) is 6.06. The number of carbonyl (C=O) groups is 1. The minimum Gasteiger partial charge on any atom is -0.467 e. The molecule has 0 atom stereocenters. The van der Waals surface area contributed by atoms with Crippen LogP contribution in [0.4, 0.5) is 10.1 Å². The Balaban J connectivity index is 2.13. The van der Waals surface area contributed by atoms with Crippen LogP contribution in [0.1, 0.15) is 21.7 Å². The quantitative estimate of drug-likeness (QED) is 0.861. The largest absolute Gasteiger partial charge is 0.467 e. The van der Waals surface area contributed by atoms with Gasteiger partial charge in [0, 0.05) is 5.69 Å². The SMILES string of the molecule is COC(=O)c1cc(NCc2occc2C)ccc1F. The zero-order valence-corrected chi connectivity index (χ0v) is 10.7. The van der Waals surface area contributed by atoms with Crippen molar-refractivity contribution in [2.24, 2.45) is 0 Å². The molecule has 0 bridgehead atoms. The third-order valence-electron chi connectivity index (χ3n) is 2.79. The number of hydrogen-bond donors (Lipinski definition) is 1. The molecule has 0 fully saturated rings. The van der Waals surface area contributed by atoms with Crippen molar-refractivity contribution in [2.75, 3.05) is 12.4 Å². The second kappa shape index (κ2) is 5.56. The highest BCUT2D eigenvalue weighted by Crippen LogP contribution is 2.17. The Bertz CT molecular complexity index is 592. The number of hydrogen-bond acceptors (Lipinski definition) is 4. The van der Waals surface area contributed by atoms with Crippen LogP contribution >= 0.6 is 0 Å². The van der Waals surface area contributed by atoms with Crippen molar-refractivity contribution in [3.05, 3.63) is 53.2 Å². The highest BCUT2D eigenvalue weighted by Gasteiger charge is 2.12. The molecule has 1 aromatic carbocycles. The Kier molecular flexibility index (Phi) is 3.85. The number of anilines is 1. The predicted molar refractivity (Wildman–Crippen MR) is 68.5 cm³/mol. The van der Waals surface area contributed by atoms with E-state index in [-0.39, 0.29) is 5.56 Å². The monoisotopic (exact) mass is 263 g/mol. The fraction of sp³-hybridized carbons (Fsp3) is 0.214. The summed E-state index contributed by atoms with van der Waals surface area (Å²) in [6.45, 7) is 2.40. The van der Waals surface area contributed by atoms with Gasteiger partial charge in [-0.05, 0) is 36.8 Å². The summed E-state index contributed by atoms with van der Waals surface area (Å²) in [5.74, 6) is -0.508. The normalized spacial score (nSPS) is 10.3. The minimum atomic E-state index is -0.699. The topological polar surface area (TPSA) is 51.5 Å². The van der Waals surface area contributed by atoms with E-state index in [9.17, 15) is 9.18 Å². The summed E-state index contributed by atoms with van der Waals surface area (Å²) in [7, 11) is 1.22. The summed E-state index contributed by atoms with van der Waals surface area (Å²) in [5, 5.41) is 3.07. The van der Waals surface area contributed by atoms with Crippen LogP contribution in [0.25, 0.3) is 0 Å². The van der Waals surface area contributed by atoms with Crippen molar-refractivity contribution >= 4 is 11.7 Å². The van der Waals surface area contributed by atoms with Gasteiger partial charge in [-0.1, -0.05) is 0 Å². The molecule has 0 aliphatic heterocycles. The van der Waals surface area contributed by atoms with Gasteiger partial charge in [-0.15, -0.1) is 0 Å². The first kappa shape index (κ1) is 13.1. The number of ether oxygens (including phenoxy) is 1. The maximum absolute atomic E-state index is 13.4. The van der Waals surface area contributed by atoms with E-state index >= 15 is 0 Å². The fourth-order valence-corrected chi connectivity index (χ4v) is 1.67. The van der Waals surface area contributed by atoms with Gasteiger partial charge >= 0.3 is 5.97 Å². The third-order valence-corrected chi connectivity index (χ3v) is 2.79. The lowest BCUT2D eigenvalue weighted by Gasteiger charge is -2.07. The number of esters is 1. The standard InChI is InChI=1S/C14H14FNO3/c1-9-5-6-19-13(9)8-16-10-3-4-12(15)11(7-10)14(17)18-2/h3-7,16H,8H2,1-2H3. The fourth-order valence-electron chi connectivity index (χ4n) is 1.67. The number of halogens is 1. The van der Waals surface area contributed by atoms with Crippen LogP contribution in [-0.4, -0.2) is 13.1 Å². The van der Waals surface area contributed by atoms with Crippen LogP contribution in [0.3, 0.4) is 0 Å². The van der Waals surface area contributed by atoms with Gasteiger partial charge in [0.2, 0.25) is 0 Å². The van der Waals surface area contributed by atoms with Crippen LogP contribution in [-0.2, 0) is 11.3 Å². The molecule has 0 amide bonds. The van der Waals surface area contributed by atoms with E-state index in [2.05, 4.69) is 10.1 Å². The van der Waals surface area contributed by atoms with E-state index in [0.717, 1.165) is 11.3 Å². The van der Waals surface area contributed by atoms with Crippen molar-refractivity contribution < 1.29 is 18.3 Å². The van der Waals surface area contributed by atoms with Gasteiger partial charge in [-0.25, -0.2) is 9.18 Å². The zero-order valence-electron chi connectivity index (χ0n) is 10.7. The molecule has 0 unspecified atom stereocenters. The summed E-state index contributed by atoms with van der Waals surface area (Å²) in [5.41, 5.74) is 1.56. The molecule has 0 radical (unpaired) electrons. The molecular formula is C14H14FNO3. The molecular weight excluding hydrogens is 249 g/mol. The first-order chi connectivity index (χ1) is 9.11. The molecule has 0 saturated heterocycles. The van der Waals surface area contributed by atoms with E-state index in [1.54, 1.807) is 12.3 Å². The number of methoxy groups -OCH3 is 1. The summed E-state index contributed by atoms with van der Waals surface area (Å²) in [4.78, 5) is 11.4. The Labute approximate surface area is 110 Å². The van der Waals surface area contributed by atoms with Gasteiger partial charge in [0.15, 0.2) is 0 Å². The lowest BCUT2D eigenvalue weighted by atomic mass is 10.2. The molecule has 0 saturated carbocycles. The second-order valence-corrected chi connectivity index (χ2v) is 4.07. The lowest BCUT2D eigenvalue weighted by molar-refractivity contribution is 0.0595. The molecule has 1 aromatic heterocycles. The first-order valence-electron chi connectivity index (χ1n) is 5.76. The van der Waals surface area contributed by atoms with Gasteiger partial charge in [0.1, 0.15) is 11.6 Å². The molecule has 2 aromatic rings. The molecule has 1 N–H and O–H groups in total. The van der Waals surface area contributed by atoms with E-state index in [4.69, 9.17) is 4.42 Å². The predicted octanol–water partition coefficient (Wildman–Crippen LogP) is 3.13. The van der Waals surface area contributed by atoms with Gasteiger partial charge in [-0.2, -0.15) is 0 Å². The van der Waals surface area contributed by atoms with Crippen LogP contribution < -0.4 is 5.32 Å². The average molecular weight is 263 g/mol. The van der Waals surface area contributed by atoms with Crippen molar-refractivity contribution in [3.63, 3.8) is 0 Å². The average Bonchev–Trinajstić information content (AvgIpc) is 2.82. The number of rotatable bonds is 4. The number of benzene rings is 1. The highest BCUT2D eigenvalue weighted by molar-refractivity contribution is 5.90. The molecule has 19 heavy (non-hydrogen) atoms. The van der Waals surface area contributed by atoms with E-state index < -0.39 is 11.8 Å². The van der Waals surface area contributed by atoms with Gasteiger partial charge in [-0.3, -0.25) is 0 Å². The maximum atomic E-state index is 13.4. The Morgan fingerprint density at radius 2 is 2.21 bits per heavy atom. The zero-order chi connectivity index (χ0) is 13.8. The Hall–Kier alpha value is -2.30. The van der Waals surface area contributed by atoms with Gasteiger partial charge in [0.05, 0.1) is 25.5 Å². The van der Waals surface area contributed by atoms with Crippen molar-refractivity contribution in [1.82, 2.24) is 0 Å². The molecule has 4 nitrogen and oxygen atoms in total. The molecule has 0 spiro atoms.